The smallest absolute Gasteiger partial charge is 0.240 e. The Morgan fingerprint density at radius 1 is 1.41 bits per heavy atom. The quantitative estimate of drug-likeness (QED) is 0.764. The van der Waals surface area contributed by atoms with Crippen molar-refractivity contribution in [1.29, 1.82) is 0 Å². The van der Waals surface area contributed by atoms with Crippen molar-refractivity contribution >= 4 is 21.8 Å². The lowest BCUT2D eigenvalue weighted by Crippen LogP contribution is -2.26. The Morgan fingerprint density at radius 2 is 2.12 bits per heavy atom. The van der Waals surface area contributed by atoms with E-state index in [4.69, 9.17) is 5.11 Å². The van der Waals surface area contributed by atoms with Crippen LogP contribution in [0.15, 0.2) is 23.1 Å². The Hall–Kier alpha value is -0.560. The summed E-state index contributed by atoms with van der Waals surface area (Å²) in [6, 6.07) is 4.73. The fourth-order valence-electron chi connectivity index (χ4n) is 1.37. The van der Waals surface area contributed by atoms with Crippen LogP contribution in [0.3, 0.4) is 0 Å². The SMILES string of the molecule is CSCCNS(=O)(=O)c1ccc(CO)c(C)c1. The number of benzene rings is 1. The van der Waals surface area contributed by atoms with Gasteiger partial charge in [0.15, 0.2) is 0 Å². The average Bonchev–Trinajstić information content (AvgIpc) is 2.29. The summed E-state index contributed by atoms with van der Waals surface area (Å²) >= 11 is 1.59. The van der Waals surface area contributed by atoms with Crippen molar-refractivity contribution in [3.63, 3.8) is 0 Å². The highest BCUT2D eigenvalue weighted by Crippen LogP contribution is 2.15. The fourth-order valence-corrected chi connectivity index (χ4v) is 2.93. The third-order valence-corrected chi connectivity index (χ3v) is 4.46. The molecule has 0 saturated heterocycles. The zero-order chi connectivity index (χ0) is 12.9. The maximum absolute atomic E-state index is 11.9. The lowest BCUT2D eigenvalue weighted by atomic mass is 10.1. The van der Waals surface area contributed by atoms with E-state index in [-0.39, 0.29) is 11.5 Å². The van der Waals surface area contributed by atoms with Gasteiger partial charge < -0.3 is 5.11 Å². The van der Waals surface area contributed by atoms with Crippen molar-refractivity contribution in [1.82, 2.24) is 4.72 Å². The van der Waals surface area contributed by atoms with Gasteiger partial charge in [-0.3, -0.25) is 0 Å². The van der Waals surface area contributed by atoms with E-state index >= 15 is 0 Å². The van der Waals surface area contributed by atoms with Crippen molar-refractivity contribution in [3.8, 4) is 0 Å². The number of aliphatic hydroxyl groups is 1. The third-order valence-electron chi connectivity index (χ3n) is 2.39. The van der Waals surface area contributed by atoms with Crippen LogP contribution >= 0.6 is 11.8 Å². The summed E-state index contributed by atoms with van der Waals surface area (Å²) < 4.78 is 26.3. The number of hydrogen-bond acceptors (Lipinski definition) is 4. The normalized spacial score (nSPS) is 11.7. The van der Waals surface area contributed by atoms with Crippen molar-refractivity contribution < 1.29 is 13.5 Å². The minimum absolute atomic E-state index is 0.0773. The molecule has 0 atom stereocenters. The zero-order valence-corrected chi connectivity index (χ0v) is 11.6. The minimum atomic E-state index is -3.42. The molecule has 0 aliphatic heterocycles. The summed E-state index contributed by atoms with van der Waals surface area (Å²) in [5.41, 5.74) is 1.52. The average molecular weight is 275 g/mol. The van der Waals surface area contributed by atoms with Crippen LogP contribution in [-0.4, -0.2) is 32.1 Å². The molecule has 0 unspecified atom stereocenters. The first kappa shape index (κ1) is 14.5. The second-order valence-corrected chi connectivity index (χ2v) is 6.39. The first-order chi connectivity index (χ1) is 8.01. The van der Waals surface area contributed by atoms with Crippen molar-refractivity contribution in [3.05, 3.63) is 29.3 Å². The number of sulfonamides is 1. The van der Waals surface area contributed by atoms with Crippen molar-refractivity contribution in [2.24, 2.45) is 0 Å². The predicted molar refractivity (Wildman–Crippen MR) is 70.7 cm³/mol. The molecule has 1 aromatic carbocycles. The molecule has 1 rings (SSSR count). The van der Waals surface area contributed by atoms with Gasteiger partial charge in [0, 0.05) is 12.3 Å². The van der Waals surface area contributed by atoms with Crippen LogP contribution < -0.4 is 4.72 Å². The lowest BCUT2D eigenvalue weighted by molar-refractivity contribution is 0.281. The maximum atomic E-state index is 11.9. The molecule has 0 aromatic heterocycles. The summed E-state index contributed by atoms with van der Waals surface area (Å²) in [7, 11) is -3.42. The molecule has 0 spiro atoms. The lowest BCUT2D eigenvalue weighted by Gasteiger charge is -2.08. The predicted octanol–water partition coefficient (Wildman–Crippen LogP) is 1.13. The molecule has 0 aliphatic carbocycles. The number of thioether (sulfide) groups is 1. The van der Waals surface area contributed by atoms with Crippen molar-refractivity contribution in [2.45, 2.75) is 18.4 Å². The molecular weight excluding hydrogens is 258 g/mol. The van der Waals surface area contributed by atoms with Crippen LogP contribution in [0, 0.1) is 6.92 Å². The molecule has 1 aromatic rings. The van der Waals surface area contributed by atoms with E-state index in [1.165, 1.54) is 6.07 Å². The molecule has 96 valence electrons. The van der Waals surface area contributed by atoms with Gasteiger partial charge in [0.2, 0.25) is 10.0 Å². The highest BCUT2D eigenvalue weighted by Gasteiger charge is 2.13. The second kappa shape index (κ2) is 6.39. The van der Waals surface area contributed by atoms with Crippen LogP contribution in [0.2, 0.25) is 0 Å². The standard InChI is InChI=1S/C11H17NO3S2/c1-9-7-11(4-3-10(9)8-13)17(14,15)12-5-6-16-2/h3-4,7,12-13H,5-6,8H2,1-2H3. The van der Waals surface area contributed by atoms with E-state index in [1.54, 1.807) is 30.8 Å². The third kappa shape index (κ3) is 3.99. The van der Waals surface area contributed by atoms with Crippen LogP contribution in [0.25, 0.3) is 0 Å². The van der Waals surface area contributed by atoms with Gasteiger partial charge in [-0.05, 0) is 36.4 Å². The van der Waals surface area contributed by atoms with Gasteiger partial charge in [0.1, 0.15) is 0 Å². The van der Waals surface area contributed by atoms with Gasteiger partial charge in [0.05, 0.1) is 11.5 Å². The van der Waals surface area contributed by atoms with Crippen molar-refractivity contribution in [2.75, 3.05) is 18.6 Å². The van der Waals surface area contributed by atoms with Gasteiger partial charge in [0.25, 0.3) is 0 Å². The highest BCUT2D eigenvalue weighted by molar-refractivity contribution is 7.98. The van der Waals surface area contributed by atoms with Gasteiger partial charge in [-0.1, -0.05) is 6.07 Å². The molecule has 0 bridgehead atoms. The molecule has 2 N–H and O–H groups in total. The van der Waals surface area contributed by atoms with E-state index in [2.05, 4.69) is 4.72 Å². The first-order valence-electron chi connectivity index (χ1n) is 5.20. The van der Waals surface area contributed by atoms with Gasteiger partial charge >= 0.3 is 0 Å². The molecule has 0 radical (unpaired) electrons. The van der Waals surface area contributed by atoms with Crippen LogP contribution in [0.5, 0.6) is 0 Å². The largest absolute Gasteiger partial charge is 0.392 e. The zero-order valence-electron chi connectivity index (χ0n) is 9.93. The second-order valence-electron chi connectivity index (χ2n) is 3.64. The summed E-state index contributed by atoms with van der Waals surface area (Å²) in [6.07, 6.45) is 1.93. The van der Waals surface area contributed by atoms with Gasteiger partial charge in [-0.15, -0.1) is 0 Å². The van der Waals surface area contributed by atoms with Gasteiger partial charge in [-0.2, -0.15) is 11.8 Å². The molecule has 4 nitrogen and oxygen atoms in total. The molecule has 0 fully saturated rings. The monoisotopic (exact) mass is 275 g/mol. The molecule has 0 heterocycles. The van der Waals surface area contributed by atoms with Crippen LogP contribution in [0.4, 0.5) is 0 Å². The van der Waals surface area contributed by atoms with Gasteiger partial charge in [-0.25, -0.2) is 13.1 Å². The number of nitrogens with one attached hydrogen (secondary N) is 1. The topological polar surface area (TPSA) is 66.4 Å². The molecule has 0 amide bonds. The molecular formula is C11H17NO3S2. The number of hydrogen-bond donors (Lipinski definition) is 2. The summed E-state index contributed by atoms with van der Waals surface area (Å²) in [4.78, 5) is 0.244. The molecule has 17 heavy (non-hydrogen) atoms. The Kier molecular flexibility index (Phi) is 5.45. The number of aliphatic hydroxyl groups excluding tert-OH is 1. The fraction of sp³-hybridized carbons (Fsp3) is 0.455. The number of rotatable bonds is 6. The van der Waals surface area contributed by atoms with E-state index < -0.39 is 10.0 Å². The van der Waals surface area contributed by atoms with Crippen LogP contribution in [0.1, 0.15) is 11.1 Å². The Bertz CT molecular complexity index is 472. The number of aryl methyl sites for hydroxylation is 1. The molecule has 0 saturated carbocycles. The Labute approximate surface area is 106 Å². The molecule has 0 aliphatic rings. The summed E-state index contributed by atoms with van der Waals surface area (Å²) in [6.45, 7) is 2.13. The first-order valence-corrected chi connectivity index (χ1v) is 8.08. The summed E-state index contributed by atoms with van der Waals surface area (Å²) in [5.74, 6) is 0.743. The van der Waals surface area contributed by atoms with E-state index in [0.717, 1.165) is 16.9 Å². The highest BCUT2D eigenvalue weighted by atomic mass is 32.2. The maximum Gasteiger partial charge on any atom is 0.240 e. The minimum Gasteiger partial charge on any atom is -0.392 e. The molecule has 6 heteroatoms. The summed E-state index contributed by atoms with van der Waals surface area (Å²) in [5, 5.41) is 9.02. The van der Waals surface area contributed by atoms with Crippen LogP contribution in [-0.2, 0) is 16.6 Å². The van der Waals surface area contributed by atoms with E-state index in [0.29, 0.717) is 6.54 Å². The Morgan fingerprint density at radius 3 is 2.65 bits per heavy atom. The van der Waals surface area contributed by atoms with E-state index in [1.807, 2.05) is 6.26 Å². The van der Waals surface area contributed by atoms with E-state index in [9.17, 15) is 8.42 Å². The Balaban J connectivity index is 2.88.